The first-order chi connectivity index (χ1) is 11.4. The van der Waals surface area contributed by atoms with Gasteiger partial charge in [0.1, 0.15) is 0 Å². The minimum Gasteiger partial charge on any atom is -0.490 e. The number of rotatable bonds is 7. The molecule has 1 aromatic carbocycles. The van der Waals surface area contributed by atoms with E-state index in [1.807, 2.05) is 29.5 Å². The summed E-state index contributed by atoms with van der Waals surface area (Å²) in [6.07, 6.45) is 0. The van der Waals surface area contributed by atoms with Crippen LogP contribution in [0, 0.1) is 17.0 Å². The molecule has 0 aliphatic heterocycles. The van der Waals surface area contributed by atoms with E-state index in [2.05, 4.69) is 5.32 Å². The molecule has 7 nitrogen and oxygen atoms in total. The van der Waals surface area contributed by atoms with Gasteiger partial charge in [0.25, 0.3) is 0 Å². The number of nitro benzene ring substituents is 1. The third kappa shape index (κ3) is 4.53. The minimum absolute atomic E-state index is 0.118. The van der Waals surface area contributed by atoms with E-state index in [4.69, 9.17) is 4.74 Å². The summed E-state index contributed by atoms with van der Waals surface area (Å²) in [7, 11) is 3.22. The Labute approximate surface area is 144 Å². The molecule has 0 saturated heterocycles. The lowest BCUT2D eigenvalue weighted by atomic mass is 10.1. The molecule has 1 aromatic heterocycles. The maximum absolute atomic E-state index is 12.2. The van der Waals surface area contributed by atoms with Crippen molar-refractivity contribution >= 4 is 28.6 Å². The number of amides is 1. The van der Waals surface area contributed by atoms with Crippen molar-refractivity contribution in [3.8, 4) is 5.75 Å². The highest BCUT2D eigenvalue weighted by molar-refractivity contribution is 7.09. The molecule has 1 amide bonds. The Morgan fingerprint density at radius 3 is 2.79 bits per heavy atom. The first-order valence-corrected chi connectivity index (χ1v) is 8.12. The van der Waals surface area contributed by atoms with Crippen LogP contribution < -0.4 is 10.1 Å². The zero-order valence-corrected chi connectivity index (χ0v) is 14.6. The van der Waals surface area contributed by atoms with Crippen LogP contribution >= 0.6 is 11.3 Å². The van der Waals surface area contributed by atoms with Crippen LogP contribution in [0.2, 0.25) is 0 Å². The maximum Gasteiger partial charge on any atom is 0.311 e. The van der Waals surface area contributed by atoms with Gasteiger partial charge in [-0.15, -0.1) is 11.3 Å². The Balaban J connectivity index is 2.04. The average Bonchev–Trinajstić information content (AvgIpc) is 3.01. The van der Waals surface area contributed by atoms with E-state index in [1.165, 1.54) is 24.1 Å². The normalized spacial score (nSPS) is 10.7. The molecule has 24 heavy (non-hydrogen) atoms. The summed E-state index contributed by atoms with van der Waals surface area (Å²) in [5.74, 6) is -0.0686. The summed E-state index contributed by atoms with van der Waals surface area (Å²) < 4.78 is 5.03. The lowest BCUT2D eigenvalue weighted by Crippen LogP contribution is -2.29. The number of likely N-dealkylation sites (N-methyl/N-ethyl adjacent to an activating group) is 1. The Morgan fingerprint density at radius 2 is 2.21 bits per heavy atom. The van der Waals surface area contributed by atoms with E-state index in [0.717, 1.165) is 0 Å². The van der Waals surface area contributed by atoms with Gasteiger partial charge in [-0.1, -0.05) is 6.07 Å². The van der Waals surface area contributed by atoms with Gasteiger partial charge in [0.2, 0.25) is 5.91 Å². The lowest BCUT2D eigenvalue weighted by Gasteiger charge is -2.16. The van der Waals surface area contributed by atoms with E-state index in [0.29, 0.717) is 17.8 Å². The molecule has 0 atom stereocenters. The van der Waals surface area contributed by atoms with Crippen LogP contribution in [0.25, 0.3) is 0 Å². The maximum atomic E-state index is 12.2. The second-order valence-electron chi connectivity index (χ2n) is 5.40. The number of carbonyl (C=O) groups excluding carboxylic acids is 1. The van der Waals surface area contributed by atoms with Crippen LogP contribution in [-0.4, -0.2) is 36.4 Å². The van der Waals surface area contributed by atoms with Gasteiger partial charge in [0.15, 0.2) is 5.75 Å². The summed E-state index contributed by atoms with van der Waals surface area (Å²) in [6.45, 7) is 2.61. The number of carbonyl (C=O) groups is 1. The molecule has 0 aliphatic rings. The van der Waals surface area contributed by atoms with E-state index in [9.17, 15) is 14.9 Å². The smallest absolute Gasteiger partial charge is 0.311 e. The zero-order valence-electron chi connectivity index (χ0n) is 13.7. The number of methoxy groups -OCH3 is 1. The monoisotopic (exact) mass is 349 g/mol. The Hall–Kier alpha value is -2.45. The lowest BCUT2D eigenvalue weighted by molar-refractivity contribution is -0.385. The van der Waals surface area contributed by atoms with Gasteiger partial charge in [0, 0.05) is 29.2 Å². The van der Waals surface area contributed by atoms with Crippen molar-refractivity contribution in [1.82, 2.24) is 4.90 Å². The zero-order chi connectivity index (χ0) is 17.7. The largest absolute Gasteiger partial charge is 0.490 e. The fourth-order valence-electron chi connectivity index (χ4n) is 2.27. The molecule has 128 valence electrons. The number of aryl methyl sites for hydroxylation is 1. The third-order valence-corrected chi connectivity index (χ3v) is 4.28. The summed E-state index contributed by atoms with van der Waals surface area (Å²) in [5, 5.41) is 15.8. The molecule has 0 saturated carbocycles. The first kappa shape index (κ1) is 17.9. The molecular weight excluding hydrogens is 330 g/mol. The van der Waals surface area contributed by atoms with Crippen LogP contribution in [0.1, 0.15) is 10.4 Å². The molecule has 0 spiro atoms. The summed E-state index contributed by atoms with van der Waals surface area (Å²) in [6, 6.07) is 6.86. The van der Waals surface area contributed by atoms with Gasteiger partial charge >= 0.3 is 5.69 Å². The minimum atomic E-state index is -0.508. The predicted octanol–water partition coefficient (Wildman–Crippen LogP) is 3.04. The Kier molecular flexibility index (Phi) is 5.88. The van der Waals surface area contributed by atoms with Crippen molar-refractivity contribution in [3.05, 3.63) is 50.2 Å². The van der Waals surface area contributed by atoms with E-state index >= 15 is 0 Å². The standard InChI is InChI=1S/C16H19N3O4S/c1-11-7-14(19(21)22)15(23-3)8-13(11)17-16(20)10-18(2)9-12-5-4-6-24-12/h4-8H,9-10H2,1-3H3,(H,17,20). The van der Waals surface area contributed by atoms with E-state index < -0.39 is 4.92 Å². The molecule has 0 aliphatic carbocycles. The topological polar surface area (TPSA) is 84.7 Å². The van der Waals surface area contributed by atoms with E-state index in [1.54, 1.807) is 18.3 Å². The highest BCUT2D eigenvalue weighted by Crippen LogP contribution is 2.32. The van der Waals surface area contributed by atoms with Gasteiger partial charge in [0.05, 0.1) is 18.6 Å². The van der Waals surface area contributed by atoms with Crippen molar-refractivity contribution in [1.29, 1.82) is 0 Å². The third-order valence-electron chi connectivity index (χ3n) is 3.42. The van der Waals surface area contributed by atoms with Gasteiger partial charge in [-0.05, 0) is 31.0 Å². The van der Waals surface area contributed by atoms with Gasteiger partial charge in [-0.3, -0.25) is 19.8 Å². The SMILES string of the molecule is COc1cc(NC(=O)CN(C)Cc2cccs2)c(C)cc1[N+](=O)[O-]. The molecule has 0 unspecified atom stereocenters. The first-order valence-electron chi connectivity index (χ1n) is 7.24. The molecule has 1 N–H and O–H groups in total. The van der Waals surface area contributed by atoms with Gasteiger partial charge in [-0.2, -0.15) is 0 Å². The van der Waals surface area contributed by atoms with Crippen molar-refractivity contribution in [2.45, 2.75) is 13.5 Å². The van der Waals surface area contributed by atoms with Crippen LogP contribution in [0.3, 0.4) is 0 Å². The number of thiophene rings is 1. The Bertz CT molecular complexity index is 731. The number of benzene rings is 1. The van der Waals surface area contributed by atoms with Crippen molar-refractivity contribution < 1.29 is 14.5 Å². The molecule has 0 radical (unpaired) electrons. The molecule has 2 aromatic rings. The number of anilines is 1. The fraction of sp³-hybridized carbons (Fsp3) is 0.312. The Morgan fingerprint density at radius 1 is 1.46 bits per heavy atom. The van der Waals surface area contributed by atoms with Crippen LogP contribution in [0.5, 0.6) is 5.75 Å². The van der Waals surface area contributed by atoms with Crippen molar-refractivity contribution in [2.24, 2.45) is 0 Å². The second-order valence-corrected chi connectivity index (χ2v) is 6.43. The van der Waals surface area contributed by atoms with Crippen molar-refractivity contribution in [2.75, 3.05) is 26.0 Å². The number of nitrogens with zero attached hydrogens (tertiary/aromatic N) is 2. The second kappa shape index (κ2) is 7.89. The summed E-state index contributed by atoms with van der Waals surface area (Å²) in [4.78, 5) is 25.8. The molecule has 8 heteroatoms. The highest BCUT2D eigenvalue weighted by Gasteiger charge is 2.18. The molecule has 0 fully saturated rings. The predicted molar refractivity (Wildman–Crippen MR) is 93.7 cm³/mol. The van der Waals surface area contributed by atoms with Crippen molar-refractivity contribution in [3.63, 3.8) is 0 Å². The highest BCUT2D eigenvalue weighted by atomic mass is 32.1. The fourth-order valence-corrected chi connectivity index (χ4v) is 3.06. The molecule has 1 heterocycles. The van der Waals surface area contributed by atoms with Gasteiger partial charge in [-0.25, -0.2) is 0 Å². The summed E-state index contributed by atoms with van der Waals surface area (Å²) >= 11 is 1.64. The van der Waals surface area contributed by atoms with Crippen LogP contribution in [0.4, 0.5) is 11.4 Å². The van der Waals surface area contributed by atoms with Crippen LogP contribution in [0.15, 0.2) is 29.6 Å². The molecule has 2 rings (SSSR count). The number of nitro groups is 1. The molecule has 0 bridgehead atoms. The quantitative estimate of drug-likeness (QED) is 0.613. The van der Waals surface area contributed by atoms with E-state index in [-0.39, 0.29) is 23.9 Å². The number of nitrogens with one attached hydrogen (secondary N) is 1. The van der Waals surface area contributed by atoms with Gasteiger partial charge < -0.3 is 10.1 Å². The number of hydrogen-bond acceptors (Lipinski definition) is 6. The number of hydrogen-bond donors (Lipinski definition) is 1. The average molecular weight is 349 g/mol. The summed E-state index contributed by atoms with van der Waals surface area (Å²) in [5.41, 5.74) is 0.992. The molecular formula is C16H19N3O4S. The van der Waals surface area contributed by atoms with Crippen LogP contribution in [-0.2, 0) is 11.3 Å². The number of ether oxygens (including phenoxy) is 1.